The zero-order valence-electron chi connectivity index (χ0n) is 18.2. The first-order valence-corrected chi connectivity index (χ1v) is 11.8. The number of benzene rings is 1. The third kappa shape index (κ3) is 6.81. The van der Waals surface area contributed by atoms with Gasteiger partial charge in [0.1, 0.15) is 4.88 Å². The number of aliphatic hydroxyl groups excluding tert-OH is 1. The molecule has 1 fully saturated rings. The smallest absolute Gasteiger partial charge is 0.345 e. The van der Waals surface area contributed by atoms with Gasteiger partial charge in [-0.1, -0.05) is 49.1 Å². The molecule has 168 valence electrons. The van der Waals surface area contributed by atoms with Crippen LogP contribution in [0.1, 0.15) is 52.7 Å². The molecule has 0 radical (unpaired) electrons. The maximum Gasteiger partial charge on any atom is 0.345 e. The van der Waals surface area contributed by atoms with Crippen LogP contribution < -0.4 is 0 Å². The van der Waals surface area contributed by atoms with E-state index in [1.54, 1.807) is 12.1 Å². The molecular formula is C26H29NO4S. The van der Waals surface area contributed by atoms with E-state index in [1.165, 1.54) is 11.3 Å². The van der Waals surface area contributed by atoms with Crippen LogP contribution >= 0.6 is 11.3 Å². The van der Waals surface area contributed by atoms with Crippen molar-refractivity contribution in [3.05, 3.63) is 69.9 Å². The summed E-state index contributed by atoms with van der Waals surface area (Å²) in [6, 6.07) is 13.2. The predicted molar refractivity (Wildman–Crippen MR) is 127 cm³/mol. The van der Waals surface area contributed by atoms with Crippen LogP contribution in [0, 0.1) is 17.8 Å². The van der Waals surface area contributed by atoms with Gasteiger partial charge in [-0.05, 0) is 49.4 Å². The van der Waals surface area contributed by atoms with Crippen molar-refractivity contribution >= 4 is 23.2 Å². The molecular weight excluding hydrogens is 422 g/mol. The fraction of sp³-hybridized carbons (Fsp3) is 0.385. The summed E-state index contributed by atoms with van der Waals surface area (Å²) in [6.07, 6.45) is 6.53. The van der Waals surface area contributed by atoms with Crippen LogP contribution in [0.25, 0.3) is 0 Å². The number of thiophene rings is 1. The number of aromatic carboxylic acids is 1. The van der Waals surface area contributed by atoms with Crippen molar-refractivity contribution in [3.8, 4) is 11.8 Å². The minimum Gasteiger partial charge on any atom is -0.477 e. The van der Waals surface area contributed by atoms with Gasteiger partial charge in [0.15, 0.2) is 0 Å². The number of hydrogen-bond donors (Lipinski definition) is 2. The van der Waals surface area contributed by atoms with Gasteiger partial charge < -0.3 is 15.1 Å². The quantitative estimate of drug-likeness (QED) is 0.439. The zero-order chi connectivity index (χ0) is 22.9. The lowest BCUT2D eigenvalue weighted by molar-refractivity contribution is -0.128. The second-order valence-electron chi connectivity index (χ2n) is 8.09. The largest absolute Gasteiger partial charge is 0.477 e. The summed E-state index contributed by atoms with van der Waals surface area (Å²) in [5.41, 5.74) is 0.964. The molecule has 0 unspecified atom stereocenters. The Kier molecular flexibility index (Phi) is 8.66. The van der Waals surface area contributed by atoms with Gasteiger partial charge in [0.2, 0.25) is 5.91 Å². The number of amides is 1. The third-order valence-electron chi connectivity index (χ3n) is 5.61. The average molecular weight is 452 g/mol. The van der Waals surface area contributed by atoms with E-state index in [0.29, 0.717) is 24.3 Å². The van der Waals surface area contributed by atoms with E-state index in [0.717, 1.165) is 29.7 Å². The van der Waals surface area contributed by atoms with Crippen LogP contribution in [0.3, 0.4) is 0 Å². The molecule has 0 spiro atoms. The van der Waals surface area contributed by atoms with Gasteiger partial charge in [-0.2, -0.15) is 0 Å². The zero-order valence-corrected chi connectivity index (χ0v) is 19.1. The molecule has 2 N–H and O–H groups in total. The summed E-state index contributed by atoms with van der Waals surface area (Å²) in [7, 11) is 0. The second-order valence-corrected chi connectivity index (χ2v) is 9.26. The number of carbonyl (C=O) groups is 2. The van der Waals surface area contributed by atoms with E-state index >= 15 is 0 Å². The SMILES string of the molecule is C[C@@H](CC#Cc1ccccc1)[C@H](O)C=C[C@H]1CCC(=O)N1CCCc1ccc(C(=O)O)s1. The molecule has 1 aromatic heterocycles. The number of carbonyl (C=O) groups excluding carboxylic acids is 1. The van der Waals surface area contributed by atoms with E-state index < -0.39 is 12.1 Å². The molecule has 1 aromatic carbocycles. The normalized spacial score (nSPS) is 17.9. The number of nitrogens with zero attached hydrogens (tertiary/aromatic N) is 1. The molecule has 32 heavy (non-hydrogen) atoms. The van der Waals surface area contributed by atoms with Crippen LogP contribution in [0.2, 0.25) is 0 Å². The van der Waals surface area contributed by atoms with Crippen LogP contribution in [0.5, 0.6) is 0 Å². The van der Waals surface area contributed by atoms with Crippen LogP contribution in [-0.4, -0.2) is 45.7 Å². The lowest BCUT2D eigenvalue weighted by Gasteiger charge is -2.23. The highest BCUT2D eigenvalue weighted by Gasteiger charge is 2.28. The maximum absolute atomic E-state index is 12.3. The average Bonchev–Trinajstić information content (AvgIpc) is 3.40. The molecule has 3 atom stereocenters. The summed E-state index contributed by atoms with van der Waals surface area (Å²) >= 11 is 1.29. The van der Waals surface area contributed by atoms with Gasteiger partial charge in [0.05, 0.1) is 12.1 Å². The highest BCUT2D eigenvalue weighted by molar-refractivity contribution is 7.13. The lowest BCUT2D eigenvalue weighted by Crippen LogP contribution is -2.33. The standard InChI is InChI=1S/C26H29NO4S/c1-19(7-5-10-20-8-3-2-4-9-20)23(28)15-12-21-13-17-25(29)27(21)18-6-11-22-14-16-24(32-22)26(30)31/h2-4,8-9,12,14-16,19,21,23,28H,6-7,11,13,17-18H2,1H3,(H,30,31)/t19-,21-,23+/m0/s1. The Morgan fingerprint density at radius 1 is 1.28 bits per heavy atom. The lowest BCUT2D eigenvalue weighted by atomic mass is 9.99. The molecule has 1 amide bonds. The molecule has 0 aliphatic carbocycles. The Hall–Kier alpha value is -2.88. The topological polar surface area (TPSA) is 77.8 Å². The number of aryl methyl sites for hydroxylation is 1. The van der Waals surface area contributed by atoms with Crippen LogP contribution in [0.15, 0.2) is 54.6 Å². The van der Waals surface area contributed by atoms with Crippen molar-refractivity contribution in [2.45, 2.75) is 51.2 Å². The van der Waals surface area contributed by atoms with E-state index in [2.05, 4.69) is 11.8 Å². The molecule has 6 heteroatoms. The summed E-state index contributed by atoms with van der Waals surface area (Å²) in [5.74, 6) is 5.47. The minimum absolute atomic E-state index is 0.00216. The highest BCUT2D eigenvalue weighted by Crippen LogP contribution is 2.23. The van der Waals surface area contributed by atoms with Crippen molar-refractivity contribution in [1.29, 1.82) is 0 Å². The molecule has 1 aliphatic rings. The summed E-state index contributed by atoms with van der Waals surface area (Å²) in [5, 5.41) is 19.5. The molecule has 3 rings (SSSR count). The van der Waals surface area contributed by atoms with Crippen molar-refractivity contribution < 1.29 is 19.8 Å². The van der Waals surface area contributed by atoms with Crippen LogP contribution in [-0.2, 0) is 11.2 Å². The third-order valence-corrected chi connectivity index (χ3v) is 6.75. The van der Waals surface area contributed by atoms with Gasteiger partial charge in [0, 0.05) is 29.8 Å². The van der Waals surface area contributed by atoms with E-state index in [9.17, 15) is 14.7 Å². The summed E-state index contributed by atoms with van der Waals surface area (Å²) in [4.78, 5) is 26.5. The van der Waals surface area contributed by atoms with Gasteiger partial charge >= 0.3 is 5.97 Å². The molecule has 2 aromatic rings. The molecule has 0 bridgehead atoms. The minimum atomic E-state index is -0.903. The summed E-state index contributed by atoms with van der Waals surface area (Å²) < 4.78 is 0. The number of carboxylic acid groups (broad SMARTS) is 1. The fourth-order valence-electron chi connectivity index (χ4n) is 3.69. The Morgan fingerprint density at radius 3 is 2.78 bits per heavy atom. The number of hydrogen-bond acceptors (Lipinski definition) is 4. The van der Waals surface area contributed by atoms with Gasteiger partial charge in [-0.15, -0.1) is 11.3 Å². The second kappa shape index (κ2) is 11.7. The van der Waals surface area contributed by atoms with E-state index in [1.807, 2.05) is 54.3 Å². The predicted octanol–water partition coefficient (Wildman–Crippen LogP) is 4.36. The molecule has 0 saturated carbocycles. The molecule has 1 aliphatic heterocycles. The van der Waals surface area contributed by atoms with Gasteiger partial charge in [0.25, 0.3) is 0 Å². The number of likely N-dealkylation sites (tertiary alicyclic amines) is 1. The number of aliphatic hydroxyl groups is 1. The Bertz CT molecular complexity index is 1000. The van der Waals surface area contributed by atoms with Gasteiger partial charge in [-0.25, -0.2) is 4.79 Å². The molecule has 2 heterocycles. The first-order valence-electron chi connectivity index (χ1n) is 11.0. The molecule has 1 saturated heterocycles. The number of carboxylic acids is 1. The summed E-state index contributed by atoms with van der Waals surface area (Å²) in [6.45, 7) is 2.60. The van der Waals surface area contributed by atoms with Gasteiger partial charge in [-0.3, -0.25) is 4.79 Å². The first-order chi connectivity index (χ1) is 15.4. The van der Waals surface area contributed by atoms with Crippen molar-refractivity contribution in [1.82, 2.24) is 4.90 Å². The highest BCUT2D eigenvalue weighted by atomic mass is 32.1. The van der Waals surface area contributed by atoms with Crippen molar-refractivity contribution in [2.24, 2.45) is 5.92 Å². The van der Waals surface area contributed by atoms with Crippen molar-refractivity contribution in [2.75, 3.05) is 6.54 Å². The maximum atomic E-state index is 12.3. The Balaban J connectivity index is 1.48. The van der Waals surface area contributed by atoms with E-state index in [4.69, 9.17) is 5.11 Å². The monoisotopic (exact) mass is 451 g/mol. The number of rotatable bonds is 9. The fourth-order valence-corrected chi connectivity index (χ4v) is 4.57. The van der Waals surface area contributed by atoms with E-state index in [-0.39, 0.29) is 17.9 Å². The Morgan fingerprint density at radius 2 is 2.06 bits per heavy atom. The first kappa shape index (κ1) is 23.8. The van der Waals surface area contributed by atoms with Crippen LogP contribution in [0.4, 0.5) is 0 Å². The van der Waals surface area contributed by atoms with Crippen molar-refractivity contribution in [3.63, 3.8) is 0 Å². The Labute approximate surface area is 193 Å². The molecule has 5 nitrogen and oxygen atoms in total.